The first-order valence-corrected chi connectivity index (χ1v) is 11.4. The number of methoxy groups -OCH3 is 1. The number of carboxylic acid groups (broad SMARTS) is 1. The lowest BCUT2D eigenvalue weighted by Crippen LogP contribution is -2.44. The van der Waals surface area contributed by atoms with Gasteiger partial charge in [0.2, 0.25) is 0 Å². The molecule has 1 aromatic carbocycles. The van der Waals surface area contributed by atoms with Gasteiger partial charge in [-0.25, -0.2) is 9.18 Å². The second-order valence-electron chi connectivity index (χ2n) is 10.2. The summed E-state index contributed by atoms with van der Waals surface area (Å²) in [6, 6.07) is 1.64. The van der Waals surface area contributed by atoms with Gasteiger partial charge in [-0.15, -0.1) is 0 Å². The summed E-state index contributed by atoms with van der Waals surface area (Å²) in [7, 11) is 1.35. The number of hydrogen-bond donors (Lipinski definition) is 2. The topological polar surface area (TPSA) is 84.9 Å². The summed E-state index contributed by atoms with van der Waals surface area (Å²) in [6.07, 6.45) is 8.40. The number of carbonyl (C=O) groups is 2. The number of carboxylic acids is 1. The van der Waals surface area contributed by atoms with Crippen LogP contribution in [0.3, 0.4) is 0 Å². The van der Waals surface area contributed by atoms with Crippen molar-refractivity contribution in [2.45, 2.75) is 56.9 Å². The summed E-state index contributed by atoms with van der Waals surface area (Å²) in [6.45, 7) is 0.431. The summed E-state index contributed by atoms with van der Waals surface area (Å²) < 4.78 is 26.0. The number of amides is 1. The zero-order valence-electron chi connectivity index (χ0n) is 17.9. The Morgan fingerprint density at radius 2 is 1.94 bits per heavy atom. The second kappa shape index (κ2) is 7.76. The van der Waals surface area contributed by atoms with Gasteiger partial charge < -0.3 is 19.9 Å². The predicted molar refractivity (Wildman–Crippen MR) is 111 cm³/mol. The highest BCUT2D eigenvalue weighted by atomic mass is 19.1. The average Bonchev–Trinajstić information content (AvgIpc) is 3.48. The van der Waals surface area contributed by atoms with E-state index in [2.05, 4.69) is 5.32 Å². The van der Waals surface area contributed by atoms with Crippen molar-refractivity contribution < 1.29 is 28.6 Å². The summed E-state index contributed by atoms with van der Waals surface area (Å²) in [5.41, 5.74) is 0.949. The highest BCUT2D eigenvalue weighted by Crippen LogP contribution is 2.64. The van der Waals surface area contributed by atoms with E-state index in [9.17, 15) is 19.1 Å². The third kappa shape index (κ3) is 3.93. The largest absolute Gasteiger partial charge is 0.493 e. The molecule has 6 rings (SSSR count). The van der Waals surface area contributed by atoms with Crippen LogP contribution in [-0.4, -0.2) is 43.3 Å². The van der Waals surface area contributed by atoms with Crippen molar-refractivity contribution in [2.24, 2.45) is 23.2 Å². The minimum atomic E-state index is -1.23. The van der Waals surface area contributed by atoms with Gasteiger partial charge in [-0.2, -0.15) is 0 Å². The Morgan fingerprint density at radius 1 is 1.23 bits per heavy atom. The van der Waals surface area contributed by atoms with E-state index in [1.165, 1.54) is 45.3 Å². The van der Waals surface area contributed by atoms with Crippen molar-refractivity contribution in [3.8, 4) is 5.75 Å². The van der Waals surface area contributed by atoms with Crippen LogP contribution in [0.25, 0.3) is 0 Å². The summed E-state index contributed by atoms with van der Waals surface area (Å²) >= 11 is 0. The van der Waals surface area contributed by atoms with Gasteiger partial charge in [0.05, 0.1) is 18.8 Å². The van der Waals surface area contributed by atoms with E-state index in [-0.39, 0.29) is 23.5 Å². The van der Waals surface area contributed by atoms with E-state index < -0.39 is 23.7 Å². The van der Waals surface area contributed by atoms with Crippen LogP contribution in [0.5, 0.6) is 5.75 Å². The van der Waals surface area contributed by atoms with E-state index in [4.69, 9.17) is 9.47 Å². The van der Waals surface area contributed by atoms with E-state index in [0.29, 0.717) is 12.4 Å². The van der Waals surface area contributed by atoms with Crippen molar-refractivity contribution in [1.29, 1.82) is 0 Å². The Morgan fingerprint density at radius 3 is 2.52 bits per heavy atom. The molecule has 5 aliphatic carbocycles. The second-order valence-corrected chi connectivity index (χ2v) is 10.2. The number of halogens is 1. The molecule has 7 heteroatoms. The van der Waals surface area contributed by atoms with Crippen LogP contribution in [0, 0.1) is 29.0 Å². The Kier molecular flexibility index (Phi) is 5.19. The molecule has 2 unspecified atom stereocenters. The Labute approximate surface area is 181 Å². The lowest BCUT2D eigenvalue weighted by atomic mass is 9.70. The van der Waals surface area contributed by atoms with Gasteiger partial charge in [0, 0.05) is 18.6 Å². The minimum Gasteiger partial charge on any atom is -0.493 e. The highest BCUT2D eigenvalue weighted by Gasteiger charge is 2.56. The fourth-order valence-electron chi connectivity index (χ4n) is 6.55. The van der Waals surface area contributed by atoms with Crippen LogP contribution in [-0.2, 0) is 9.53 Å². The molecule has 0 heterocycles. The fourth-order valence-corrected chi connectivity index (χ4v) is 6.55. The molecule has 0 spiro atoms. The molecule has 168 valence electrons. The van der Waals surface area contributed by atoms with Crippen molar-refractivity contribution in [3.63, 3.8) is 0 Å². The van der Waals surface area contributed by atoms with Gasteiger partial charge in [0.1, 0.15) is 11.6 Å². The minimum absolute atomic E-state index is 0.144. The number of aliphatic carboxylic acids is 1. The van der Waals surface area contributed by atoms with Crippen molar-refractivity contribution in [1.82, 2.24) is 5.32 Å². The summed E-state index contributed by atoms with van der Waals surface area (Å²) in [4.78, 5) is 23.9. The van der Waals surface area contributed by atoms with Crippen LogP contribution in [0.15, 0.2) is 12.1 Å². The molecule has 31 heavy (non-hydrogen) atoms. The van der Waals surface area contributed by atoms with Crippen LogP contribution >= 0.6 is 0 Å². The molecule has 4 bridgehead atoms. The number of carbonyl (C=O) groups excluding carboxylic acids is 1. The molecule has 5 aliphatic rings. The molecular formula is C24H30FNO5. The first kappa shape index (κ1) is 20.7. The molecule has 6 nitrogen and oxygen atoms in total. The third-order valence-corrected chi connectivity index (χ3v) is 7.88. The van der Waals surface area contributed by atoms with E-state index >= 15 is 0 Å². The highest BCUT2D eigenvalue weighted by molar-refractivity contribution is 5.97. The normalized spacial score (nSPS) is 31.6. The molecule has 5 saturated carbocycles. The maximum atomic E-state index is 14.9. The van der Waals surface area contributed by atoms with E-state index in [0.717, 1.165) is 36.2 Å². The van der Waals surface area contributed by atoms with Gasteiger partial charge in [0.25, 0.3) is 5.91 Å². The van der Waals surface area contributed by atoms with Crippen LogP contribution in [0.2, 0.25) is 0 Å². The van der Waals surface area contributed by atoms with Gasteiger partial charge >= 0.3 is 5.97 Å². The summed E-state index contributed by atoms with van der Waals surface area (Å²) in [5, 5.41) is 11.6. The third-order valence-electron chi connectivity index (χ3n) is 7.88. The van der Waals surface area contributed by atoms with Gasteiger partial charge in [0.15, 0.2) is 6.04 Å². The number of rotatable bonds is 9. The molecule has 0 radical (unpaired) electrons. The van der Waals surface area contributed by atoms with Crippen molar-refractivity contribution >= 4 is 11.9 Å². The first-order chi connectivity index (χ1) is 14.9. The smallest absolute Gasteiger partial charge is 0.328 e. The standard InChI is InChI=1S/C24H30FNO5/c1-30-11-20(23(28)29)26-22(27)18-6-17(14-2-3-14)21(7-19(18)25)31-12-24-8-13-4-15(9-24)16(5-13)10-24/h6-7,13-16,20H,2-5,8-12H2,1H3,(H,26,27)(H,28,29)/t13?,15?,16?,20-,24?/m0/s1. The lowest BCUT2D eigenvalue weighted by Gasteiger charge is -2.38. The lowest BCUT2D eigenvalue weighted by molar-refractivity contribution is -0.140. The monoisotopic (exact) mass is 431 g/mol. The summed E-state index contributed by atoms with van der Waals surface area (Å²) in [5.74, 6) is 0.681. The van der Waals surface area contributed by atoms with Crippen molar-refractivity contribution in [3.05, 3.63) is 29.1 Å². The molecule has 5 fully saturated rings. The van der Waals surface area contributed by atoms with Crippen LogP contribution in [0.4, 0.5) is 4.39 Å². The molecular weight excluding hydrogens is 401 g/mol. The number of ether oxygens (including phenoxy) is 2. The van der Waals surface area contributed by atoms with E-state index in [1.807, 2.05) is 0 Å². The molecule has 2 N–H and O–H groups in total. The number of hydrogen-bond acceptors (Lipinski definition) is 4. The van der Waals surface area contributed by atoms with Crippen LogP contribution < -0.4 is 10.1 Å². The van der Waals surface area contributed by atoms with Gasteiger partial charge in [-0.3, -0.25) is 4.79 Å². The quantitative estimate of drug-likeness (QED) is 0.622. The number of nitrogens with one attached hydrogen (secondary N) is 1. The van der Waals surface area contributed by atoms with Gasteiger partial charge in [-0.05, 0) is 80.2 Å². The predicted octanol–water partition coefficient (Wildman–Crippen LogP) is 3.74. The average molecular weight is 432 g/mol. The maximum absolute atomic E-state index is 14.9. The zero-order valence-corrected chi connectivity index (χ0v) is 17.9. The van der Waals surface area contributed by atoms with Gasteiger partial charge in [-0.1, -0.05) is 0 Å². The Balaban J connectivity index is 1.33. The fraction of sp³-hybridized carbons (Fsp3) is 0.667. The van der Waals surface area contributed by atoms with Crippen LogP contribution in [0.1, 0.15) is 66.8 Å². The first-order valence-electron chi connectivity index (χ1n) is 11.4. The molecule has 0 aliphatic heterocycles. The Bertz CT molecular complexity index is 879. The molecule has 0 aromatic heterocycles. The maximum Gasteiger partial charge on any atom is 0.328 e. The van der Waals surface area contributed by atoms with E-state index in [1.54, 1.807) is 6.07 Å². The molecule has 3 atom stereocenters. The number of benzene rings is 1. The Hall–Kier alpha value is -2.15. The molecule has 1 amide bonds. The molecule has 0 saturated heterocycles. The van der Waals surface area contributed by atoms with Crippen molar-refractivity contribution in [2.75, 3.05) is 20.3 Å². The zero-order chi connectivity index (χ0) is 21.8. The SMILES string of the molecule is COC[C@H](NC(=O)c1cc(C2CC2)c(OCC23CC4CC(C2)C(C4)C3)cc1F)C(=O)O. The molecule has 1 aromatic rings.